The topological polar surface area (TPSA) is 63.2 Å². The van der Waals surface area contributed by atoms with E-state index in [1.165, 1.54) is 23.5 Å². The Balaban J connectivity index is 1.90. The van der Waals surface area contributed by atoms with Crippen molar-refractivity contribution in [2.45, 2.75) is 0 Å². The predicted molar refractivity (Wildman–Crippen MR) is 80.9 cm³/mol. The quantitative estimate of drug-likeness (QED) is 0.769. The van der Waals surface area contributed by atoms with E-state index in [4.69, 9.17) is 4.74 Å². The van der Waals surface area contributed by atoms with Gasteiger partial charge in [-0.15, -0.1) is 11.3 Å². The highest BCUT2D eigenvalue weighted by molar-refractivity contribution is 7.14. The van der Waals surface area contributed by atoms with E-state index in [1.807, 2.05) is 0 Å². The molecule has 1 aromatic heterocycles. The van der Waals surface area contributed by atoms with Crippen LogP contribution < -0.4 is 10.6 Å². The number of nitrogens with zero attached hydrogens (tertiary/aromatic N) is 1. The monoisotopic (exact) mass is 309 g/mol. The summed E-state index contributed by atoms with van der Waals surface area (Å²) in [7, 11) is 1.60. The van der Waals surface area contributed by atoms with Crippen LogP contribution in [0.4, 0.5) is 9.52 Å². The van der Waals surface area contributed by atoms with Crippen molar-refractivity contribution in [2.75, 3.05) is 32.1 Å². The van der Waals surface area contributed by atoms with Gasteiger partial charge in [0.15, 0.2) is 5.13 Å². The fourth-order valence-electron chi connectivity index (χ4n) is 1.65. The smallest absolute Gasteiger partial charge is 0.240 e. The Bertz CT molecular complexity index is 603. The van der Waals surface area contributed by atoms with Gasteiger partial charge in [-0.3, -0.25) is 4.79 Å². The summed E-state index contributed by atoms with van der Waals surface area (Å²) in [5.41, 5.74) is 1.33. The number of amides is 1. The summed E-state index contributed by atoms with van der Waals surface area (Å²) in [6, 6.07) is 6.19. The minimum atomic E-state index is -0.312. The van der Waals surface area contributed by atoms with Crippen molar-refractivity contribution in [3.05, 3.63) is 35.5 Å². The van der Waals surface area contributed by atoms with Crippen LogP contribution in [0.2, 0.25) is 0 Å². The number of rotatable bonds is 7. The van der Waals surface area contributed by atoms with E-state index < -0.39 is 0 Å². The highest BCUT2D eigenvalue weighted by Crippen LogP contribution is 2.25. The van der Waals surface area contributed by atoms with Crippen molar-refractivity contribution in [1.29, 1.82) is 0 Å². The first-order chi connectivity index (χ1) is 10.2. The minimum absolute atomic E-state index is 0.175. The second-order valence-corrected chi connectivity index (χ2v) is 5.12. The summed E-state index contributed by atoms with van der Waals surface area (Å²) in [5.74, 6) is -0.486. The Labute approximate surface area is 126 Å². The first-order valence-electron chi connectivity index (χ1n) is 6.40. The number of nitrogens with one attached hydrogen (secondary N) is 2. The SMILES string of the molecule is COCCNCC(=O)Nc1nc(-c2cccc(F)c2)cs1. The van der Waals surface area contributed by atoms with Crippen LogP contribution in [0.15, 0.2) is 29.6 Å². The Morgan fingerprint density at radius 1 is 1.48 bits per heavy atom. The molecule has 0 atom stereocenters. The Morgan fingerprint density at radius 3 is 3.10 bits per heavy atom. The molecule has 0 saturated carbocycles. The van der Waals surface area contributed by atoms with E-state index in [0.717, 1.165) is 0 Å². The van der Waals surface area contributed by atoms with E-state index in [-0.39, 0.29) is 18.3 Å². The fraction of sp³-hybridized carbons (Fsp3) is 0.286. The van der Waals surface area contributed by atoms with Gasteiger partial charge in [-0.1, -0.05) is 12.1 Å². The fourth-order valence-corrected chi connectivity index (χ4v) is 2.39. The number of hydrogen-bond acceptors (Lipinski definition) is 5. The average Bonchev–Trinajstić information content (AvgIpc) is 2.92. The highest BCUT2D eigenvalue weighted by atomic mass is 32.1. The van der Waals surface area contributed by atoms with Gasteiger partial charge in [-0.2, -0.15) is 0 Å². The molecular weight excluding hydrogens is 293 g/mol. The molecular formula is C14H16FN3O2S. The lowest BCUT2D eigenvalue weighted by atomic mass is 10.2. The molecule has 0 saturated heterocycles. The molecule has 2 aromatic rings. The molecule has 1 aromatic carbocycles. The highest BCUT2D eigenvalue weighted by Gasteiger charge is 2.08. The summed E-state index contributed by atoms with van der Waals surface area (Å²) in [6.07, 6.45) is 0. The predicted octanol–water partition coefficient (Wildman–Crippen LogP) is 2.12. The number of thiazole rings is 1. The second-order valence-electron chi connectivity index (χ2n) is 4.27. The van der Waals surface area contributed by atoms with Crippen molar-refractivity contribution in [3.63, 3.8) is 0 Å². The standard InChI is InChI=1S/C14H16FN3O2S/c1-20-6-5-16-8-13(19)18-14-17-12(9-21-14)10-3-2-4-11(15)7-10/h2-4,7,9,16H,5-6,8H2,1H3,(H,17,18,19). The van der Waals surface area contributed by atoms with Crippen molar-refractivity contribution in [2.24, 2.45) is 0 Å². The van der Waals surface area contributed by atoms with Gasteiger partial charge in [0.25, 0.3) is 0 Å². The lowest BCUT2D eigenvalue weighted by molar-refractivity contribution is -0.115. The van der Waals surface area contributed by atoms with E-state index >= 15 is 0 Å². The average molecular weight is 309 g/mol. The molecule has 0 unspecified atom stereocenters. The number of methoxy groups -OCH3 is 1. The molecule has 0 fully saturated rings. The molecule has 2 N–H and O–H groups in total. The summed E-state index contributed by atoms with van der Waals surface area (Å²) >= 11 is 1.30. The van der Waals surface area contributed by atoms with Crippen LogP contribution in [0.5, 0.6) is 0 Å². The molecule has 2 rings (SSSR count). The molecule has 112 valence electrons. The Kier molecular flexibility index (Phi) is 5.79. The Morgan fingerprint density at radius 2 is 2.33 bits per heavy atom. The van der Waals surface area contributed by atoms with Gasteiger partial charge in [-0.05, 0) is 12.1 Å². The van der Waals surface area contributed by atoms with Crippen LogP contribution in [0, 0.1) is 5.82 Å². The van der Waals surface area contributed by atoms with Crippen LogP contribution in [0.3, 0.4) is 0 Å². The van der Waals surface area contributed by atoms with Crippen LogP contribution in [-0.4, -0.2) is 37.7 Å². The maximum absolute atomic E-state index is 13.2. The van der Waals surface area contributed by atoms with Crippen LogP contribution in [-0.2, 0) is 9.53 Å². The molecule has 1 amide bonds. The molecule has 5 nitrogen and oxygen atoms in total. The number of aromatic nitrogens is 1. The van der Waals surface area contributed by atoms with E-state index in [1.54, 1.807) is 24.6 Å². The van der Waals surface area contributed by atoms with Crippen molar-refractivity contribution < 1.29 is 13.9 Å². The largest absolute Gasteiger partial charge is 0.383 e. The number of carbonyl (C=O) groups is 1. The summed E-state index contributed by atoms with van der Waals surface area (Å²) in [5, 5.41) is 7.91. The lowest BCUT2D eigenvalue weighted by Gasteiger charge is -2.03. The molecule has 21 heavy (non-hydrogen) atoms. The van der Waals surface area contributed by atoms with Crippen LogP contribution >= 0.6 is 11.3 Å². The maximum Gasteiger partial charge on any atom is 0.240 e. The number of ether oxygens (including phenoxy) is 1. The lowest BCUT2D eigenvalue weighted by Crippen LogP contribution is -2.30. The Hall–Kier alpha value is -1.83. The minimum Gasteiger partial charge on any atom is -0.383 e. The van der Waals surface area contributed by atoms with Crippen molar-refractivity contribution in [3.8, 4) is 11.3 Å². The number of halogens is 1. The number of hydrogen-bond donors (Lipinski definition) is 2. The van der Waals surface area contributed by atoms with E-state index in [2.05, 4.69) is 15.6 Å². The van der Waals surface area contributed by atoms with Gasteiger partial charge in [0, 0.05) is 24.6 Å². The zero-order chi connectivity index (χ0) is 15.1. The first kappa shape index (κ1) is 15.6. The normalized spacial score (nSPS) is 10.6. The molecule has 0 bridgehead atoms. The summed E-state index contributed by atoms with van der Waals surface area (Å²) < 4.78 is 18.0. The third-order valence-corrected chi connectivity index (χ3v) is 3.40. The molecule has 7 heteroatoms. The zero-order valence-corrected chi connectivity index (χ0v) is 12.4. The molecule has 0 aliphatic heterocycles. The van der Waals surface area contributed by atoms with Gasteiger partial charge < -0.3 is 15.4 Å². The second kappa shape index (κ2) is 7.82. The van der Waals surface area contributed by atoms with Crippen LogP contribution in [0.25, 0.3) is 11.3 Å². The number of anilines is 1. The van der Waals surface area contributed by atoms with Crippen molar-refractivity contribution in [1.82, 2.24) is 10.3 Å². The van der Waals surface area contributed by atoms with Crippen molar-refractivity contribution >= 4 is 22.4 Å². The summed E-state index contributed by atoms with van der Waals surface area (Å²) in [4.78, 5) is 15.9. The van der Waals surface area contributed by atoms with Gasteiger partial charge >= 0.3 is 0 Å². The van der Waals surface area contributed by atoms with Crippen LogP contribution in [0.1, 0.15) is 0 Å². The number of carbonyl (C=O) groups excluding carboxylic acids is 1. The van der Waals surface area contributed by atoms with Gasteiger partial charge in [0.1, 0.15) is 5.82 Å². The zero-order valence-electron chi connectivity index (χ0n) is 11.6. The molecule has 0 spiro atoms. The maximum atomic E-state index is 13.2. The third kappa shape index (κ3) is 4.89. The van der Waals surface area contributed by atoms with E-state index in [0.29, 0.717) is 29.5 Å². The molecule has 0 radical (unpaired) electrons. The molecule has 0 aliphatic carbocycles. The van der Waals surface area contributed by atoms with Gasteiger partial charge in [-0.25, -0.2) is 9.37 Å². The molecule has 0 aliphatic rings. The number of benzene rings is 1. The van der Waals surface area contributed by atoms with Gasteiger partial charge in [0.2, 0.25) is 5.91 Å². The first-order valence-corrected chi connectivity index (χ1v) is 7.28. The summed E-state index contributed by atoms with van der Waals surface area (Å²) in [6.45, 7) is 1.35. The van der Waals surface area contributed by atoms with Gasteiger partial charge in [0.05, 0.1) is 18.8 Å². The molecule has 1 heterocycles. The third-order valence-electron chi connectivity index (χ3n) is 2.64. The van der Waals surface area contributed by atoms with E-state index in [9.17, 15) is 9.18 Å².